The standard InChI is InChI=1S/C18H28F2N2/c1-4-9-18(19,20)14-21-10-12-22(13-11-21)17-7-5-16(6-8-17)15(2)3/h5-8,15H,4,9-14H2,1-3H3. The number of halogens is 2. The Bertz CT molecular complexity index is 449. The summed E-state index contributed by atoms with van der Waals surface area (Å²) in [6.45, 7) is 9.16. The molecule has 0 saturated carbocycles. The van der Waals surface area contributed by atoms with Crippen LogP contribution in [0, 0.1) is 0 Å². The molecule has 1 aromatic rings. The van der Waals surface area contributed by atoms with E-state index in [0.29, 0.717) is 25.4 Å². The van der Waals surface area contributed by atoms with Crippen LogP contribution >= 0.6 is 0 Å². The fourth-order valence-electron chi connectivity index (χ4n) is 3.01. The molecule has 0 aromatic heterocycles. The molecule has 0 N–H and O–H groups in total. The Morgan fingerprint density at radius 2 is 1.64 bits per heavy atom. The van der Waals surface area contributed by atoms with Crippen LogP contribution in [0.15, 0.2) is 24.3 Å². The molecule has 1 aliphatic rings. The number of alkyl halides is 2. The van der Waals surface area contributed by atoms with Crippen molar-refractivity contribution in [2.75, 3.05) is 37.6 Å². The first kappa shape index (κ1) is 17.2. The minimum Gasteiger partial charge on any atom is -0.369 e. The van der Waals surface area contributed by atoms with Crippen molar-refractivity contribution >= 4 is 5.69 Å². The summed E-state index contributed by atoms with van der Waals surface area (Å²) in [5.74, 6) is -2.01. The van der Waals surface area contributed by atoms with Gasteiger partial charge in [0.15, 0.2) is 0 Å². The van der Waals surface area contributed by atoms with Gasteiger partial charge >= 0.3 is 0 Å². The Morgan fingerprint density at radius 1 is 1.05 bits per heavy atom. The molecular weight excluding hydrogens is 282 g/mol. The number of nitrogens with zero attached hydrogens (tertiary/aromatic N) is 2. The maximum Gasteiger partial charge on any atom is 0.260 e. The number of piperazine rings is 1. The van der Waals surface area contributed by atoms with Crippen LogP contribution in [0.5, 0.6) is 0 Å². The van der Waals surface area contributed by atoms with Gasteiger partial charge in [0.25, 0.3) is 5.92 Å². The van der Waals surface area contributed by atoms with E-state index in [4.69, 9.17) is 0 Å². The lowest BCUT2D eigenvalue weighted by Gasteiger charge is -2.37. The predicted molar refractivity (Wildman–Crippen MR) is 89.0 cm³/mol. The van der Waals surface area contributed by atoms with Crippen LogP contribution in [0.2, 0.25) is 0 Å². The SMILES string of the molecule is CCCC(F)(F)CN1CCN(c2ccc(C(C)C)cc2)CC1. The molecule has 0 atom stereocenters. The summed E-state index contributed by atoms with van der Waals surface area (Å²) in [5, 5.41) is 0. The number of benzene rings is 1. The third-order valence-corrected chi connectivity index (χ3v) is 4.37. The fourth-order valence-corrected chi connectivity index (χ4v) is 3.01. The van der Waals surface area contributed by atoms with E-state index < -0.39 is 5.92 Å². The van der Waals surface area contributed by atoms with Crippen molar-refractivity contribution in [1.29, 1.82) is 0 Å². The Labute approximate surface area is 133 Å². The molecule has 0 unspecified atom stereocenters. The van der Waals surface area contributed by atoms with Crippen LogP contribution < -0.4 is 4.90 Å². The fraction of sp³-hybridized carbons (Fsp3) is 0.667. The van der Waals surface area contributed by atoms with E-state index >= 15 is 0 Å². The quantitative estimate of drug-likeness (QED) is 0.770. The lowest BCUT2D eigenvalue weighted by Crippen LogP contribution is -2.50. The van der Waals surface area contributed by atoms with Gasteiger partial charge in [-0.2, -0.15) is 0 Å². The van der Waals surface area contributed by atoms with Gasteiger partial charge in [0, 0.05) is 38.3 Å². The summed E-state index contributed by atoms with van der Waals surface area (Å²) in [4.78, 5) is 4.19. The normalized spacial score (nSPS) is 17.3. The van der Waals surface area contributed by atoms with Crippen molar-refractivity contribution in [3.05, 3.63) is 29.8 Å². The largest absolute Gasteiger partial charge is 0.369 e. The van der Waals surface area contributed by atoms with Crippen LogP contribution in [0.4, 0.5) is 14.5 Å². The van der Waals surface area contributed by atoms with Gasteiger partial charge < -0.3 is 4.90 Å². The van der Waals surface area contributed by atoms with Gasteiger partial charge in [0.05, 0.1) is 6.54 Å². The molecule has 0 spiro atoms. The summed E-state index contributed by atoms with van der Waals surface area (Å²) >= 11 is 0. The summed E-state index contributed by atoms with van der Waals surface area (Å²) in [6, 6.07) is 8.64. The third kappa shape index (κ3) is 4.67. The molecule has 2 rings (SSSR count). The molecule has 124 valence electrons. The van der Waals surface area contributed by atoms with Gasteiger partial charge in [-0.3, -0.25) is 4.90 Å². The topological polar surface area (TPSA) is 6.48 Å². The second-order valence-corrected chi connectivity index (χ2v) is 6.62. The van der Waals surface area contributed by atoms with Crippen molar-refractivity contribution in [3.63, 3.8) is 0 Å². The molecule has 0 radical (unpaired) electrons. The lowest BCUT2D eigenvalue weighted by molar-refractivity contribution is -0.0406. The summed E-state index contributed by atoms with van der Waals surface area (Å²) < 4.78 is 27.4. The highest BCUT2D eigenvalue weighted by Gasteiger charge is 2.31. The Balaban J connectivity index is 1.86. The predicted octanol–water partition coefficient (Wildman–Crippen LogP) is 4.37. The highest BCUT2D eigenvalue weighted by molar-refractivity contribution is 5.48. The summed E-state index contributed by atoms with van der Waals surface area (Å²) in [7, 11) is 0. The average Bonchev–Trinajstić information content (AvgIpc) is 2.47. The maximum atomic E-state index is 13.7. The minimum absolute atomic E-state index is 0.0100. The highest BCUT2D eigenvalue weighted by Crippen LogP contribution is 2.24. The molecule has 1 fully saturated rings. The van der Waals surface area contributed by atoms with E-state index in [1.165, 1.54) is 11.3 Å². The monoisotopic (exact) mass is 310 g/mol. The van der Waals surface area contributed by atoms with Crippen LogP contribution in [0.25, 0.3) is 0 Å². The molecule has 22 heavy (non-hydrogen) atoms. The molecule has 0 bridgehead atoms. The van der Waals surface area contributed by atoms with Gasteiger partial charge in [-0.15, -0.1) is 0 Å². The van der Waals surface area contributed by atoms with Crippen molar-refractivity contribution < 1.29 is 8.78 Å². The molecule has 0 aliphatic carbocycles. The molecule has 1 heterocycles. The molecule has 1 saturated heterocycles. The highest BCUT2D eigenvalue weighted by atomic mass is 19.3. The summed E-state index contributed by atoms with van der Waals surface area (Å²) in [6.07, 6.45) is 0.527. The Hall–Kier alpha value is -1.16. The van der Waals surface area contributed by atoms with Crippen molar-refractivity contribution in [1.82, 2.24) is 4.90 Å². The van der Waals surface area contributed by atoms with Crippen molar-refractivity contribution in [2.24, 2.45) is 0 Å². The zero-order valence-corrected chi connectivity index (χ0v) is 14.0. The lowest BCUT2D eigenvalue weighted by atomic mass is 10.0. The second kappa shape index (κ2) is 7.40. The van der Waals surface area contributed by atoms with Gasteiger partial charge in [0.2, 0.25) is 0 Å². The molecule has 1 aromatic carbocycles. The number of hydrogen-bond donors (Lipinski definition) is 0. The van der Waals surface area contributed by atoms with Gasteiger partial charge in [0.1, 0.15) is 0 Å². The van der Waals surface area contributed by atoms with E-state index in [1.807, 2.05) is 11.8 Å². The minimum atomic E-state index is -2.55. The maximum absolute atomic E-state index is 13.7. The molecule has 1 aliphatic heterocycles. The van der Waals surface area contributed by atoms with Crippen molar-refractivity contribution in [3.8, 4) is 0 Å². The molecular formula is C18H28F2N2. The number of hydrogen-bond acceptors (Lipinski definition) is 2. The van der Waals surface area contributed by atoms with E-state index in [-0.39, 0.29) is 13.0 Å². The number of rotatable bonds is 6. The van der Waals surface area contributed by atoms with Gasteiger partial charge in [-0.25, -0.2) is 8.78 Å². The average molecular weight is 310 g/mol. The van der Waals surface area contributed by atoms with Crippen LogP contribution in [0.3, 0.4) is 0 Å². The van der Waals surface area contributed by atoms with Gasteiger partial charge in [-0.05, 0) is 23.6 Å². The Morgan fingerprint density at radius 3 is 2.14 bits per heavy atom. The second-order valence-electron chi connectivity index (χ2n) is 6.62. The van der Waals surface area contributed by atoms with Gasteiger partial charge in [-0.1, -0.05) is 39.3 Å². The molecule has 4 heteroatoms. The van der Waals surface area contributed by atoms with Crippen LogP contribution in [0.1, 0.15) is 45.1 Å². The first-order chi connectivity index (χ1) is 10.4. The zero-order chi connectivity index (χ0) is 16.2. The number of anilines is 1. The van der Waals surface area contributed by atoms with E-state index in [2.05, 4.69) is 43.0 Å². The molecule has 2 nitrogen and oxygen atoms in total. The van der Waals surface area contributed by atoms with Crippen LogP contribution in [-0.4, -0.2) is 43.5 Å². The first-order valence-corrected chi connectivity index (χ1v) is 8.36. The molecule has 0 amide bonds. The van der Waals surface area contributed by atoms with E-state index in [9.17, 15) is 8.78 Å². The third-order valence-electron chi connectivity index (χ3n) is 4.37. The van der Waals surface area contributed by atoms with Crippen LogP contribution in [-0.2, 0) is 0 Å². The van der Waals surface area contributed by atoms with E-state index in [1.54, 1.807) is 0 Å². The smallest absolute Gasteiger partial charge is 0.260 e. The zero-order valence-electron chi connectivity index (χ0n) is 14.0. The van der Waals surface area contributed by atoms with Crippen molar-refractivity contribution in [2.45, 2.75) is 45.5 Å². The Kier molecular flexibility index (Phi) is 5.79. The summed E-state index contributed by atoms with van der Waals surface area (Å²) in [5.41, 5.74) is 2.53. The first-order valence-electron chi connectivity index (χ1n) is 8.36. The van der Waals surface area contributed by atoms with E-state index in [0.717, 1.165) is 13.1 Å².